The van der Waals surface area contributed by atoms with Crippen molar-refractivity contribution in [1.29, 1.82) is 0 Å². The van der Waals surface area contributed by atoms with Crippen molar-refractivity contribution in [1.82, 2.24) is 5.32 Å². The van der Waals surface area contributed by atoms with Crippen molar-refractivity contribution in [2.24, 2.45) is 0 Å². The summed E-state index contributed by atoms with van der Waals surface area (Å²) in [4.78, 5) is 10.5. The van der Waals surface area contributed by atoms with E-state index in [2.05, 4.69) is 5.32 Å². The average Bonchev–Trinajstić information content (AvgIpc) is 2.21. The molecule has 0 bridgehead atoms. The molecule has 0 saturated heterocycles. The summed E-state index contributed by atoms with van der Waals surface area (Å²) in [5.41, 5.74) is 0.385. The van der Waals surface area contributed by atoms with Crippen molar-refractivity contribution in [2.75, 3.05) is 19.7 Å². The van der Waals surface area contributed by atoms with E-state index in [1.807, 2.05) is 13.8 Å². The van der Waals surface area contributed by atoms with Crippen molar-refractivity contribution in [3.05, 3.63) is 11.6 Å². The Bertz CT molecular complexity index is 224. The van der Waals surface area contributed by atoms with Gasteiger partial charge in [0, 0.05) is 18.7 Å². The molecule has 0 radical (unpaired) electrons. The Morgan fingerprint density at radius 3 is 2.69 bits per heavy atom. The molecular formula is C12H23NO3. The predicted molar refractivity (Wildman–Crippen MR) is 64.6 cm³/mol. The SMILES string of the molecule is C/C(=C/CNCCCCOC(C)C)C(=O)O. The third-order valence-electron chi connectivity index (χ3n) is 2.09. The molecule has 4 heteroatoms. The average molecular weight is 229 g/mol. The Hall–Kier alpha value is -0.870. The van der Waals surface area contributed by atoms with E-state index in [9.17, 15) is 4.79 Å². The van der Waals surface area contributed by atoms with E-state index in [1.165, 1.54) is 0 Å². The second kappa shape index (κ2) is 9.36. The second-order valence-electron chi connectivity index (χ2n) is 4.02. The Morgan fingerprint density at radius 1 is 1.44 bits per heavy atom. The standard InChI is InChI=1S/C12H23NO3/c1-10(2)16-9-5-4-7-13-8-6-11(3)12(14)15/h6,10,13H,4-5,7-9H2,1-3H3,(H,14,15)/b11-6-. The molecule has 0 aliphatic heterocycles. The van der Waals surface area contributed by atoms with E-state index in [1.54, 1.807) is 13.0 Å². The lowest BCUT2D eigenvalue weighted by Crippen LogP contribution is -2.16. The molecule has 0 amide bonds. The Balaban J connectivity index is 3.28. The fourth-order valence-corrected chi connectivity index (χ4v) is 1.09. The lowest BCUT2D eigenvalue weighted by atomic mass is 10.3. The minimum Gasteiger partial charge on any atom is -0.478 e. The number of hydrogen-bond donors (Lipinski definition) is 2. The van der Waals surface area contributed by atoms with Crippen LogP contribution in [0.5, 0.6) is 0 Å². The Labute approximate surface area is 97.7 Å². The normalized spacial score (nSPS) is 12.1. The summed E-state index contributed by atoms with van der Waals surface area (Å²) < 4.78 is 5.40. The molecule has 2 N–H and O–H groups in total. The molecule has 0 aromatic heterocycles. The molecule has 0 saturated carbocycles. The first-order valence-corrected chi connectivity index (χ1v) is 5.76. The smallest absolute Gasteiger partial charge is 0.330 e. The molecule has 94 valence electrons. The van der Waals surface area contributed by atoms with Crippen LogP contribution < -0.4 is 5.32 Å². The van der Waals surface area contributed by atoms with Gasteiger partial charge in [0.25, 0.3) is 0 Å². The van der Waals surface area contributed by atoms with Crippen LogP contribution in [0.15, 0.2) is 11.6 Å². The molecule has 0 heterocycles. The number of hydrogen-bond acceptors (Lipinski definition) is 3. The highest BCUT2D eigenvalue weighted by molar-refractivity contribution is 5.85. The number of carboxylic acids is 1. The zero-order valence-electron chi connectivity index (χ0n) is 10.5. The maximum atomic E-state index is 10.5. The molecule has 0 spiro atoms. The number of carboxylic acid groups (broad SMARTS) is 1. The maximum Gasteiger partial charge on any atom is 0.330 e. The number of nitrogens with one attached hydrogen (secondary N) is 1. The van der Waals surface area contributed by atoms with Gasteiger partial charge in [-0.2, -0.15) is 0 Å². The van der Waals surface area contributed by atoms with Crippen LogP contribution >= 0.6 is 0 Å². The lowest BCUT2D eigenvalue weighted by molar-refractivity contribution is -0.132. The fourth-order valence-electron chi connectivity index (χ4n) is 1.09. The monoisotopic (exact) mass is 229 g/mol. The van der Waals surface area contributed by atoms with E-state index in [0.717, 1.165) is 26.0 Å². The molecule has 0 rings (SSSR count). The van der Waals surface area contributed by atoms with Gasteiger partial charge in [0.15, 0.2) is 0 Å². The van der Waals surface area contributed by atoms with Gasteiger partial charge in [-0.1, -0.05) is 6.08 Å². The topological polar surface area (TPSA) is 58.6 Å². The van der Waals surface area contributed by atoms with E-state index in [0.29, 0.717) is 18.2 Å². The zero-order valence-corrected chi connectivity index (χ0v) is 10.5. The van der Waals surface area contributed by atoms with Gasteiger partial charge in [-0.05, 0) is 40.2 Å². The van der Waals surface area contributed by atoms with Crippen LogP contribution in [0.25, 0.3) is 0 Å². The number of aliphatic carboxylic acids is 1. The predicted octanol–water partition coefficient (Wildman–Crippen LogP) is 1.81. The number of ether oxygens (including phenoxy) is 1. The van der Waals surface area contributed by atoms with Gasteiger partial charge in [-0.3, -0.25) is 0 Å². The number of rotatable bonds is 9. The molecule has 4 nitrogen and oxygen atoms in total. The van der Waals surface area contributed by atoms with E-state index in [-0.39, 0.29) is 0 Å². The van der Waals surface area contributed by atoms with Crippen LogP contribution in [0.1, 0.15) is 33.6 Å². The van der Waals surface area contributed by atoms with Gasteiger partial charge in [0.05, 0.1) is 6.10 Å². The molecular weight excluding hydrogens is 206 g/mol. The minimum atomic E-state index is -0.855. The molecule has 0 aliphatic rings. The summed E-state index contributed by atoms with van der Waals surface area (Å²) >= 11 is 0. The van der Waals surface area contributed by atoms with Crippen LogP contribution in [0, 0.1) is 0 Å². The highest BCUT2D eigenvalue weighted by Gasteiger charge is 1.97. The third kappa shape index (κ3) is 9.68. The van der Waals surface area contributed by atoms with Gasteiger partial charge >= 0.3 is 5.97 Å². The zero-order chi connectivity index (χ0) is 12.4. The van der Waals surface area contributed by atoms with Crippen molar-refractivity contribution in [2.45, 2.75) is 39.7 Å². The Kier molecular flexibility index (Phi) is 8.85. The fraction of sp³-hybridized carbons (Fsp3) is 0.750. The van der Waals surface area contributed by atoms with Crippen LogP contribution in [-0.2, 0) is 9.53 Å². The van der Waals surface area contributed by atoms with Gasteiger partial charge in [0.2, 0.25) is 0 Å². The molecule has 0 aromatic carbocycles. The van der Waals surface area contributed by atoms with Gasteiger partial charge in [-0.25, -0.2) is 4.79 Å². The van der Waals surface area contributed by atoms with Crippen molar-refractivity contribution in [3.8, 4) is 0 Å². The molecule has 16 heavy (non-hydrogen) atoms. The van der Waals surface area contributed by atoms with Gasteiger partial charge < -0.3 is 15.2 Å². The molecule has 0 unspecified atom stereocenters. The van der Waals surface area contributed by atoms with E-state index >= 15 is 0 Å². The van der Waals surface area contributed by atoms with E-state index < -0.39 is 5.97 Å². The van der Waals surface area contributed by atoms with Crippen LogP contribution in [-0.4, -0.2) is 36.9 Å². The number of carbonyl (C=O) groups is 1. The van der Waals surface area contributed by atoms with Crippen molar-refractivity contribution in [3.63, 3.8) is 0 Å². The first-order chi connectivity index (χ1) is 7.54. The van der Waals surface area contributed by atoms with Gasteiger partial charge in [0.1, 0.15) is 0 Å². The van der Waals surface area contributed by atoms with Crippen LogP contribution in [0.4, 0.5) is 0 Å². The first kappa shape index (κ1) is 15.1. The summed E-state index contributed by atoms with van der Waals surface area (Å²) in [5.74, 6) is -0.855. The third-order valence-corrected chi connectivity index (χ3v) is 2.09. The molecule has 0 aromatic rings. The number of unbranched alkanes of at least 4 members (excludes halogenated alkanes) is 1. The van der Waals surface area contributed by atoms with Crippen molar-refractivity contribution < 1.29 is 14.6 Å². The molecule has 0 fully saturated rings. The highest BCUT2D eigenvalue weighted by atomic mass is 16.5. The van der Waals surface area contributed by atoms with Crippen LogP contribution in [0.2, 0.25) is 0 Å². The van der Waals surface area contributed by atoms with Gasteiger partial charge in [-0.15, -0.1) is 0 Å². The van der Waals surface area contributed by atoms with Crippen molar-refractivity contribution >= 4 is 5.97 Å². The van der Waals surface area contributed by atoms with E-state index in [4.69, 9.17) is 9.84 Å². The van der Waals surface area contributed by atoms with Crippen LogP contribution in [0.3, 0.4) is 0 Å². The minimum absolute atomic E-state index is 0.300. The summed E-state index contributed by atoms with van der Waals surface area (Å²) in [6, 6.07) is 0. The lowest BCUT2D eigenvalue weighted by Gasteiger charge is -2.07. The maximum absolute atomic E-state index is 10.5. The molecule has 0 aliphatic carbocycles. The summed E-state index contributed by atoms with van der Waals surface area (Å²) in [6.45, 7) is 7.95. The second-order valence-corrected chi connectivity index (χ2v) is 4.02. The molecule has 0 atom stereocenters. The first-order valence-electron chi connectivity index (χ1n) is 5.76. The quantitative estimate of drug-likeness (QED) is 0.467. The largest absolute Gasteiger partial charge is 0.478 e. The summed E-state index contributed by atoms with van der Waals surface area (Å²) in [5, 5.41) is 11.8. The summed E-state index contributed by atoms with van der Waals surface area (Å²) in [7, 11) is 0. The Morgan fingerprint density at radius 2 is 2.12 bits per heavy atom. The highest BCUT2D eigenvalue weighted by Crippen LogP contribution is 1.94. The summed E-state index contributed by atoms with van der Waals surface area (Å²) in [6.07, 6.45) is 4.07.